The molecular weight excluding hydrogens is 292 g/mol. The summed E-state index contributed by atoms with van der Waals surface area (Å²) in [4.78, 5) is 26.0. The van der Waals surface area contributed by atoms with Gasteiger partial charge in [0.15, 0.2) is 0 Å². The molecule has 1 fully saturated rings. The number of carbonyl (C=O) groups is 2. The number of amides is 2. The zero-order valence-corrected chi connectivity index (χ0v) is 14.0. The van der Waals surface area contributed by atoms with Gasteiger partial charge in [0, 0.05) is 31.1 Å². The van der Waals surface area contributed by atoms with Crippen LogP contribution in [0.15, 0.2) is 24.3 Å². The molecule has 23 heavy (non-hydrogen) atoms. The molecule has 0 bridgehead atoms. The van der Waals surface area contributed by atoms with E-state index in [-0.39, 0.29) is 17.9 Å². The van der Waals surface area contributed by atoms with Crippen molar-refractivity contribution in [3.63, 3.8) is 0 Å². The van der Waals surface area contributed by atoms with E-state index in [1.165, 1.54) is 0 Å². The highest BCUT2D eigenvalue weighted by molar-refractivity contribution is 5.94. The van der Waals surface area contributed by atoms with Gasteiger partial charge in [0.25, 0.3) is 5.91 Å². The Morgan fingerprint density at radius 1 is 1.17 bits per heavy atom. The number of ether oxygens (including phenoxy) is 1. The van der Waals surface area contributed by atoms with E-state index >= 15 is 0 Å². The zero-order valence-electron chi connectivity index (χ0n) is 14.0. The fourth-order valence-electron chi connectivity index (χ4n) is 2.80. The highest BCUT2D eigenvalue weighted by Gasteiger charge is 2.24. The van der Waals surface area contributed by atoms with Crippen molar-refractivity contribution < 1.29 is 14.3 Å². The number of likely N-dealkylation sites (tertiary alicyclic amines) is 1. The van der Waals surface area contributed by atoms with E-state index in [0.717, 1.165) is 25.0 Å². The highest BCUT2D eigenvalue weighted by atomic mass is 16.5. The molecule has 1 heterocycles. The quantitative estimate of drug-likeness (QED) is 0.877. The summed E-state index contributed by atoms with van der Waals surface area (Å²) in [5, 5.41) is 3.05. The minimum atomic E-state index is 0.0476. The van der Waals surface area contributed by atoms with Gasteiger partial charge in [-0.15, -0.1) is 0 Å². The number of piperidine rings is 1. The van der Waals surface area contributed by atoms with Gasteiger partial charge in [0.2, 0.25) is 5.91 Å². The third kappa shape index (κ3) is 4.98. The van der Waals surface area contributed by atoms with Gasteiger partial charge in [-0.3, -0.25) is 9.59 Å². The molecule has 0 atom stereocenters. The summed E-state index contributed by atoms with van der Waals surface area (Å²) in [6, 6.07) is 7.46. The maximum atomic E-state index is 12.5. The molecule has 0 radical (unpaired) electrons. The lowest BCUT2D eigenvalue weighted by Gasteiger charge is -2.32. The summed E-state index contributed by atoms with van der Waals surface area (Å²) in [5.41, 5.74) is 0.682. The van der Waals surface area contributed by atoms with Crippen LogP contribution in [-0.2, 0) is 4.79 Å². The summed E-state index contributed by atoms with van der Waals surface area (Å²) in [7, 11) is 0. The third-order valence-corrected chi connectivity index (χ3v) is 4.04. The van der Waals surface area contributed by atoms with Crippen LogP contribution in [0.5, 0.6) is 5.75 Å². The molecule has 1 aliphatic heterocycles. The Kier molecular flexibility index (Phi) is 6.44. The molecule has 2 rings (SSSR count). The lowest BCUT2D eigenvalue weighted by Crippen LogP contribution is -2.46. The summed E-state index contributed by atoms with van der Waals surface area (Å²) in [6.07, 6.45) is 3.07. The normalized spacial score (nSPS) is 15.3. The molecule has 0 unspecified atom stereocenters. The maximum absolute atomic E-state index is 12.5. The Balaban J connectivity index is 1.84. The van der Waals surface area contributed by atoms with Gasteiger partial charge >= 0.3 is 0 Å². The molecule has 126 valence electrons. The molecule has 2 amide bonds. The zero-order chi connectivity index (χ0) is 16.7. The monoisotopic (exact) mass is 318 g/mol. The molecular formula is C18H26N2O3. The smallest absolute Gasteiger partial charge is 0.253 e. The second kappa shape index (κ2) is 8.56. The van der Waals surface area contributed by atoms with Crippen LogP contribution in [0.4, 0.5) is 0 Å². The van der Waals surface area contributed by atoms with E-state index in [1.54, 1.807) is 0 Å². The fourth-order valence-corrected chi connectivity index (χ4v) is 2.80. The predicted octanol–water partition coefficient (Wildman–Crippen LogP) is 2.61. The average Bonchev–Trinajstić information content (AvgIpc) is 2.56. The molecule has 5 nitrogen and oxygen atoms in total. The largest absolute Gasteiger partial charge is 0.494 e. The number of hydrogen-bond acceptors (Lipinski definition) is 3. The van der Waals surface area contributed by atoms with Crippen molar-refractivity contribution >= 4 is 11.8 Å². The molecule has 1 aliphatic rings. The highest BCUT2D eigenvalue weighted by Crippen LogP contribution is 2.17. The number of rotatable bonds is 6. The molecule has 0 spiro atoms. The van der Waals surface area contributed by atoms with Crippen molar-refractivity contribution in [2.75, 3.05) is 19.7 Å². The average molecular weight is 318 g/mol. The molecule has 1 aromatic carbocycles. The van der Waals surface area contributed by atoms with Crippen molar-refractivity contribution in [1.82, 2.24) is 10.2 Å². The van der Waals surface area contributed by atoms with Crippen molar-refractivity contribution in [2.45, 2.75) is 45.6 Å². The summed E-state index contributed by atoms with van der Waals surface area (Å²) in [6.45, 7) is 5.91. The first kappa shape index (κ1) is 17.3. The predicted molar refractivity (Wildman–Crippen MR) is 89.6 cm³/mol. The molecule has 0 aromatic heterocycles. The molecule has 1 aromatic rings. The second-order valence-electron chi connectivity index (χ2n) is 5.84. The van der Waals surface area contributed by atoms with Gasteiger partial charge in [-0.25, -0.2) is 0 Å². The number of carbonyl (C=O) groups excluding carboxylic acids is 2. The summed E-state index contributed by atoms with van der Waals surface area (Å²) in [5.74, 6) is 0.941. The minimum Gasteiger partial charge on any atom is -0.494 e. The molecule has 5 heteroatoms. The lowest BCUT2D eigenvalue weighted by molar-refractivity contribution is -0.122. The van der Waals surface area contributed by atoms with Gasteiger partial charge in [-0.05, 0) is 50.5 Å². The lowest BCUT2D eigenvalue weighted by atomic mass is 10.0. The van der Waals surface area contributed by atoms with E-state index in [4.69, 9.17) is 4.74 Å². The number of benzene rings is 1. The summed E-state index contributed by atoms with van der Waals surface area (Å²) >= 11 is 0. The van der Waals surface area contributed by atoms with E-state index in [2.05, 4.69) is 5.32 Å². The molecule has 0 aliphatic carbocycles. The van der Waals surface area contributed by atoms with E-state index < -0.39 is 0 Å². The van der Waals surface area contributed by atoms with E-state index in [9.17, 15) is 9.59 Å². The van der Waals surface area contributed by atoms with Crippen molar-refractivity contribution in [1.29, 1.82) is 0 Å². The van der Waals surface area contributed by atoms with Crippen molar-refractivity contribution in [2.24, 2.45) is 0 Å². The first-order chi connectivity index (χ1) is 11.1. The number of nitrogens with zero attached hydrogens (tertiary/aromatic N) is 1. The minimum absolute atomic E-state index is 0.0476. The van der Waals surface area contributed by atoms with Crippen LogP contribution in [-0.4, -0.2) is 42.5 Å². The third-order valence-electron chi connectivity index (χ3n) is 4.04. The van der Waals surface area contributed by atoms with Crippen molar-refractivity contribution in [3.05, 3.63) is 29.8 Å². The maximum Gasteiger partial charge on any atom is 0.253 e. The Morgan fingerprint density at radius 2 is 1.83 bits per heavy atom. The van der Waals surface area contributed by atoms with Crippen LogP contribution < -0.4 is 10.1 Å². The SMILES string of the molecule is CCCC(=O)NC1CCN(C(=O)c2ccc(OCC)cc2)CC1. The fraction of sp³-hybridized carbons (Fsp3) is 0.556. The van der Waals surface area contributed by atoms with Gasteiger partial charge in [-0.2, -0.15) is 0 Å². The van der Waals surface area contributed by atoms with Crippen LogP contribution in [0.2, 0.25) is 0 Å². The van der Waals surface area contributed by atoms with Crippen LogP contribution in [0.1, 0.15) is 49.9 Å². The molecule has 1 N–H and O–H groups in total. The van der Waals surface area contributed by atoms with E-state index in [0.29, 0.717) is 31.7 Å². The van der Waals surface area contributed by atoms with Crippen LogP contribution in [0.25, 0.3) is 0 Å². The van der Waals surface area contributed by atoms with Gasteiger partial charge < -0.3 is 15.0 Å². The van der Waals surface area contributed by atoms with Gasteiger partial charge in [0.05, 0.1) is 6.61 Å². The number of nitrogens with one attached hydrogen (secondary N) is 1. The van der Waals surface area contributed by atoms with Crippen molar-refractivity contribution in [3.8, 4) is 5.75 Å². The molecule has 1 saturated heterocycles. The first-order valence-corrected chi connectivity index (χ1v) is 8.45. The molecule has 0 saturated carbocycles. The van der Waals surface area contributed by atoms with E-state index in [1.807, 2.05) is 43.0 Å². The topological polar surface area (TPSA) is 58.6 Å². The van der Waals surface area contributed by atoms with Crippen LogP contribution >= 0.6 is 0 Å². The van der Waals surface area contributed by atoms with Crippen LogP contribution in [0.3, 0.4) is 0 Å². The Morgan fingerprint density at radius 3 is 2.39 bits per heavy atom. The standard InChI is InChI=1S/C18H26N2O3/c1-3-5-17(21)19-15-10-12-20(13-11-15)18(22)14-6-8-16(9-7-14)23-4-2/h6-9,15H,3-5,10-13H2,1-2H3,(H,19,21). The first-order valence-electron chi connectivity index (χ1n) is 8.45. The second-order valence-corrected chi connectivity index (χ2v) is 5.84. The van der Waals surface area contributed by atoms with Gasteiger partial charge in [0.1, 0.15) is 5.75 Å². The Hall–Kier alpha value is -2.04. The summed E-state index contributed by atoms with van der Waals surface area (Å²) < 4.78 is 5.39. The van der Waals surface area contributed by atoms with Gasteiger partial charge in [-0.1, -0.05) is 6.92 Å². The Bertz CT molecular complexity index is 520. The Labute approximate surface area is 138 Å². The van der Waals surface area contributed by atoms with Crippen LogP contribution in [0, 0.1) is 0 Å². The number of hydrogen-bond donors (Lipinski definition) is 1.